The van der Waals surface area contributed by atoms with E-state index in [1.165, 1.54) is 6.21 Å². The highest BCUT2D eigenvalue weighted by Crippen LogP contribution is 2.18. The molecular weight excluding hydrogens is 372 g/mol. The fraction of sp³-hybridized carbons (Fsp3) is 0.111. The Labute approximate surface area is 159 Å². The Bertz CT molecular complexity index is 1060. The van der Waals surface area contributed by atoms with Crippen LogP contribution < -0.4 is 10.3 Å². The van der Waals surface area contributed by atoms with E-state index in [0.29, 0.717) is 17.4 Å². The average molecular weight is 387 g/mol. The summed E-state index contributed by atoms with van der Waals surface area (Å²) in [6.45, 7) is 1.97. The van der Waals surface area contributed by atoms with E-state index in [1.807, 2.05) is 48.5 Å². The van der Waals surface area contributed by atoms with Crippen molar-refractivity contribution in [3.05, 3.63) is 85.5 Å². The van der Waals surface area contributed by atoms with Gasteiger partial charge in [0.15, 0.2) is 0 Å². The predicted octanol–water partition coefficient (Wildman–Crippen LogP) is 3.72. The molecule has 132 valence electrons. The molecule has 0 radical (unpaired) electrons. The molecule has 0 aliphatic heterocycles. The standard InChI is InChI=1S/C18H15ClN4O2S/c1-12-17(24)23(18(26)22-21-12)20-10-14-4-2-3-5-16(14)25-11-13-6-8-15(19)9-7-13/h2-10H,11H2,1H3,(H,22,26)/b20-10+. The third kappa shape index (κ3) is 4.25. The molecule has 1 N–H and O–H groups in total. The minimum absolute atomic E-state index is 0.122. The second-order valence-electron chi connectivity index (χ2n) is 5.43. The molecule has 0 fully saturated rings. The lowest BCUT2D eigenvalue weighted by Crippen LogP contribution is -2.22. The van der Waals surface area contributed by atoms with E-state index in [4.69, 9.17) is 28.6 Å². The van der Waals surface area contributed by atoms with Crippen molar-refractivity contribution in [2.24, 2.45) is 5.10 Å². The van der Waals surface area contributed by atoms with Gasteiger partial charge in [0.25, 0.3) is 5.56 Å². The zero-order valence-electron chi connectivity index (χ0n) is 13.8. The van der Waals surface area contributed by atoms with Gasteiger partial charge in [0.05, 0.1) is 6.21 Å². The van der Waals surface area contributed by atoms with Crippen LogP contribution in [-0.2, 0) is 6.61 Å². The molecule has 1 aromatic heterocycles. The molecule has 0 bridgehead atoms. The van der Waals surface area contributed by atoms with Crippen LogP contribution in [0.5, 0.6) is 5.75 Å². The largest absolute Gasteiger partial charge is 0.488 e. The first kappa shape index (κ1) is 18.0. The maximum atomic E-state index is 12.1. The number of ether oxygens (including phenoxy) is 1. The molecule has 6 nitrogen and oxygen atoms in total. The van der Waals surface area contributed by atoms with Crippen molar-refractivity contribution in [2.45, 2.75) is 13.5 Å². The summed E-state index contributed by atoms with van der Waals surface area (Å²) in [4.78, 5) is 12.1. The Balaban J connectivity index is 1.83. The molecular formula is C18H15ClN4O2S. The normalized spacial score (nSPS) is 11.0. The quantitative estimate of drug-likeness (QED) is 0.535. The number of aromatic amines is 1. The summed E-state index contributed by atoms with van der Waals surface area (Å²) >= 11 is 11.0. The summed E-state index contributed by atoms with van der Waals surface area (Å²) in [5.41, 5.74) is 1.62. The summed E-state index contributed by atoms with van der Waals surface area (Å²) in [7, 11) is 0. The Morgan fingerprint density at radius 1 is 1.27 bits per heavy atom. The molecule has 1 heterocycles. The van der Waals surface area contributed by atoms with Crippen LogP contribution >= 0.6 is 23.8 Å². The maximum absolute atomic E-state index is 12.1. The molecule has 8 heteroatoms. The van der Waals surface area contributed by atoms with Crippen molar-refractivity contribution in [3.63, 3.8) is 0 Å². The predicted molar refractivity (Wildman–Crippen MR) is 104 cm³/mol. The van der Waals surface area contributed by atoms with Crippen LogP contribution in [0, 0.1) is 11.7 Å². The maximum Gasteiger partial charge on any atom is 0.296 e. The van der Waals surface area contributed by atoms with Gasteiger partial charge in [-0.25, -0.2) is 0 Å². The lowest BCUT2D eigenvalue weighted by molar-refractivity contribution is 0.306. The van der Waals surface area contributed by atoms with E-state index in [0.717, 1.165) is 15.8 Å². The number of hydrogen-bond acceptors (Lipinski definition) is 5. The second kappa shape index (κ2) is 8.07. The molecule has 2 aromatic carbocycles. The van der Waals surface area contributed by atoms with E-state index in [-0.39, 0.29) is 16.0 Å². The van der Waals surface area contributed by atoms with Crippen molar-refractivity contribution in [1.29, 1.82) is 0 Å². The summed E-state index contributed by atoms with van der Waals surface area (Å²) in [5.74, 6) is 0.639. The van der Waals surface area contributed by atoms with Gasteiger partial charge >= 0.3 is 0 Å². The number of nitrogens with one attached hydrogen (secondary N) is 1. The van der Waals surface area contributed by atoms with Crippen LogP contribution in [0.4, 0.5) is 0 Å². The molecule has 3 aromatic rings. The van der Waals surface area contributed by atoms with Crippen LogP contribution in [0.2, 0.25) is 5.02 Å². The molecule has 0 atom stereocenters. The summed E-state index contributed by atoms with van der Waals surface area (Å²) < 4.78 is 7.08. The van der Waals surface area contributed by atoms with Crippen LogP contribution in [-0.4, -0.2) is 21.1 Å². The van der Waals surface area contributed by atoms with Gasteiger partial charge in [0, 0.05) is 10.6 Å². The van der Waals surface area contributed by atoms with Crippen LogP contribution in [0.3, 0.4) is 0 Å². The van der Waals surface area contributed by atoms with Crippen molar-refractivity contribution in [1.82, 2.24) is 14.9 Å². The first-order valence-corrected chi connectivity index (χ1v) is 8.52. The van der Waals surface area contributed by atoms with Gasteiger partial charge in [-0.15, -0.1) is 0 Å². The van der Waals surface area contributed by atoms with Crippen molar-refractivity contribution >= 4 is 30.0 Å². The number of H-pyrrole nitrogens is 1. The van der Waals surface area contributed by atoms with Crippen LogP contribution in [0.15, 0.2) is 58.4 Å². The number of nitrogens with zero attached hydrogens (tertiary/aromatic N) is 3. The van der Waals surface area contributed by atoms with E-state index >= 15 is 0 Å². The molecule has 0 saturated heterocycles. The first-order chi connectivity index (χ1) is 12.5. The highest BCUT2D eigenvalue weighted by Gasteiger charge is 2.04. The second-order valence-corrected chi connectivity index (χ2v) is 6.25. The van der Waals surface area contributed by atoms with Crippen molar-refractivity contribution in [3.8, 4) is 5.75 Å². The fourth-order valence-electron chi connectivity index (χ4n) is 2.16. The summed E-state index contributed by atoms with van der Waals surface area (Å²) in [6.07, 6.45) is 1.53. The van der Waals surface area contributed by atoms with Crippen LogP contribution in [0.25, 0.3) is 0 Å². The molecule has 0 amide bonds. The molecule has 0 aliphatic carbocycles. The third-order valence-electron chi connectivity index (χ3n) is 3.55. The number of aromatic nitrogens is 3. The molecule has 0 unspecified atom stereocenters. The van der Waals surface area contributed by atoms with E-state index in [2.05, 4.69) is 15.3 Å². The zero-order chi connectivity index (χ0) is 18.5. The zero-order valence-corrected chi connectivity index (χ0v) is 15.4. The van der Waals surface area contributed by atoms with Gasteiger partial charge in [0.2, 0.25) is 4.77 Å². The Morgan fingerprint density at radius 3 is 2.77 bits per heavy atom. The van der Waals surface area contributed by atoms with Gasteiger partial charge in [-0.05, 0) is 49.0 Å². The number of rotatable bonds is 5. The van der Waals surface area contributed by atoms with Gasteiger partial charge in [-0.2, -0.15) is 14.9 Å². The van der Waals surface area contributed by atoms with E-state index in [1.54, 1.807) is 6.92 Å². The highest BCUT2D eigenvalue weighted by atomic mass is 35.5. The SMILES string of the molecule is Cc1n[nH]c(=S)n(/N=C/c2ccccc2OCc2ccc(Cl)cc2)c1=O. The van der Waals surface area contributed by atoms with Gasteiger partial charge in [0.1, 0.15) is 18.1 Å². The smallest absolute Gasteiger partial charge is 0.296 e. The number of benzene rings is 2. The van der Waals surface area contributed by atoms with Crippen molar-refractivity contribution < 1.29 is 4.74 Å². The lowest BCUT2D eigenvalue weighted by Gasteiger charge is -2.09. The number of halogens is 1. The Hall–Kier alpha value is -2.77. The first-order valence-electron chi connectivity index (χ1n) is 7.73. The molecule has 26 heavy (non-hydrogen) atoms. The number of hydrogen-bond donors (Lipinski definition) is 1. The Morgan fingerprint density at radius 2 is 2.00 bits per heavy atom. The fourth-order valence-corrected chi connectivity index (χ4v) is 2.46. The Kier molecular flexibility index (Phi) is 5.60. The summed E-state index contributed by atoms with van der Waals surface area (Å²) in [6, 6.07) is 14.8. The van der Waals surface area contributed by atoms with Gasteiger partial charge in [-0.1, -0.05) is 35.9 Å². The van der Waals surface area contributed by atoms with E-state index in [9.17, 15) is 4.79 Å². The van der Waals surface area contributed by atoms with Gasteiger partial charge < -0.3 is 4.74 Å². The lowest BCUT2D eigenvalue weighted by atomic mass is 10.2. The molecule has 0 saturated carbocycles. The monoisotopic (exact) mass is 386 g/mol. The van der Waals surface area contributed by atoms with Crippen molar-refractivity contribution in [2.75, 3.05) is 0 Å². The third-order valence-corrected chi connectivity index (χ3v) is 4.07. The minimum Gasteiger partial charge on any atom is -0.488 e. The highest BCUT2D eigenvalue weighted by molar-refractivity contribution is 7.71. The number of para-hydroxylation sites is 1. The average Bonchev–Trinajstić information content (AvgIpc) is 2.65. The minimum atomic E-state index is -0.371. The van der Waals surface area contributed by atoms with Gasteiger partial charge in [-0.3, -0.25) is 9.89 Å². The summed E-state index contributed by atoms with van der Waals surface area (Å²) in [5, 5.41) is 11.2. The number of aryl methyl sites for hydroxylation is 1. The van der Waals surface area contributed by atoms with E-state index < -0.39 is 0 Å². The van der Waals surface area contributed by atoms with Crippen LogP contribution in [0.1, 0.15) is 16.8 Å². The molecule has 0 spiro atoms. The topological polar surface area (TPSA) is 72.3 Å². The molecule has 0 aliphatic rings. The molecule has 3 rings (SSSR count).